The lowest BCUT2D eigenvalue weighted by Crippen LogP contribution is -2.40. The summed E-state index contributed by atoms with van der Waals surface area (Å²) in [5.41, 5.74) is 0.156. The van der Waals surface area contributed by atoms with Gasteiger partial charge in [-0.25, -0.2) is 4.79 Å². The Hall–Kier alpha value is -2.18. The molecule has 1 aliphatic heterocycles. The van der Waals surface area contributed by atoms with Crippen LogP contribution in [0.15, 0.2) is 12.1 Å². The molecule has 1 N–H and O–H groups in total. The summed E-state index contributed by atoms with van der Waals surface area (Å²) in [5.74, 6) is -0.740. The zero-order valence-corrected chi connectivity index (χ0v) is 11.6. The minimum atomic E-state index is -1.05. The fraction of sp³-hybridized carbons (Fsp3) is 0.538. The van der Waals surface area contributed by atoms with Gasteiger partial charge >= 0.3 is 5.97 Å². The lowest BCUT2D eigenvalue weighted by atomic mass is 10.2. The monoisotopic (exact) mass is 278 g/mol. The van der Waals surface area contributed by atoms with Gasteiger partial charge in [-0.1, -0.05) is 0 Å². The third-order valence-electron chi connectivity index (χ3n) is 3.56. The average molecular weight is 278 g/mol. The summed E-state index contributed by atoms with van der Waals surface area (Å²) >= 11 is 0. The molecule has 0 bridgehead atoms. The molecule has 7 nitrogen and oxygen atoms in total. The number of carboxylic acids is 1. The van der Waals surface area contributed by atoms with Crippen molar-refractivity contribution in [2.45, 2.75) is 25.8 Å². The highest BCUT2D eigenvalue weighted by Gasteiger charge is 2.24. The van der Waals surface area contributed by atoms with Crippen LogP contribution in [0.3, 0.4) is 0 Å². The van der Waals surface area contributed by atoms with Gasteiger partial charge in [0.2, 0.25) is 0 Å². The standard InChI is InChI=1S/C13H18N4O3/c1-9(13(19)20)16(2)12(18)10-5-6-11(15-14-10)17-7-3-4-8-17/h5-6,9H,3-4,7-8H2,1-2H3,(H,19,20). The number of aromatic nitrogens is 2. The number of anilines is 1. The number of nitrogens with zero attached hydrogens (tertiary/aromatic N) is 4. The van der Waals surface area contributed by atoms with Gasteiger partial charge in [0.1, 0.15) is 6.04 Å². The second-order valence-corrected chi connectivity index (χ2v) is 4.90. The molecule has 0 aromatic carbocycles. The summed E-state index contributed by atoms with van der Waals surface area (Å²) in [6.07, 6.45) is 2.28. The number of rotatable bonds is 4. The summed E-state index contributed by atoms with van der Waals surface area (Å²) in [6.45, 7) is 3.36. The van der Waals surface area contributed by atoms with Crippen LogP contribution in [0.2, 0.25) is 0 Å². The van der Waals surface area contributed by atoms with E-state index in [9.17, 15) is 9.59 Å². The lowest BCUT2D eigenvalue weighted by Gasteiger charge is -2.21. The fourth-order valence-corrected chi connectivity index (χ4v) is 2.08. The van der Waals surface area contributed by atoms with Crippen LogP contribution >= 0.6 is 0 Å². The zero-order valence-electron chi connectivity index (χ0n) is 11.6. The molecular weight excluding hydrogens is 260 g/mol. The number of carboxylic acid groups (broad SMARTS) is 1. The van der Waals surface area contributed by atoms with E-state index in [4.69, 9.17) is 5.11 Å². The van der Waals surface area contributed by atoms with E-state index in [0.717, 1.165) is 36.6 Å². The summed E-state index contributed by atoms with van der Waals surface area (Å²) in [4.78, 5) is 26.2. The smallest absolute Gasteiger partial charge is 0.326 e. The summed E-state index contributed by atoms with van der Waals surface area (Å²) in [5, 5.41) is 16.9. The van der Waals surface area contributed by atoms with E-state index in [1.165, 1.54) is 14.0 Å². The van der Waals surface area contributed by atoms with E-state index in [1.807, 2.05) is 0 Å². The molecule has 108 valence electrons. The molecule has 2 rings (SSSR count). The van der Waals surface area contributed by atoms with Crippen molar-refractivity contribution in [2.75, 3.05) is 25.0 Å². The van der Waals surface area contributed by atoms with Gasteiger partial charge < -0.3 is 14.9 Å². The third kappa shape index (κ3) is 2.87. The molecule has 1 saturated heterocycles. The van der Waals surface area contributed by atoms with Crippen molar-refractivity contribution in [1.29, 1.82) is 0 Å². The second kappa shape index (κ2) is 5.85. The van der Waals surface area contributed by atoms with E-state index in [-0.39, 0.29) is 5.69 Å². The van der Waals surface area contributed by atoms with Gasteiger partial charge in [-0.3, -0.25) is 4.79 Å². The lowest BCUT2D eigenvalue weighted by molar-refractivity contribution is -0.141. The Morgan fingerprint density at radius 3 is 2.45 bits per heavy atom. The Bertz CT molecular complexity index is 497. The molecule has 0 radical (unpaired) electrons. The molecule has 1 aromatic heterocycles. The van der Waals surface area contributed by atoms with Gasteiger partial charge in [0.15, 0.2) is 11.5 Å². The van der Waals surface area contributed by atoms with Crippen molar-refractivity contribution in [3.8, 4) is 0 Å². The van der Waals surface area contributed by atoms with Crippen LogP contribution in [0.25, 0.3) is 0 Å². The number of aliphatic carboxylic acids is 1. The highest BCUT2D eigenvalue weighted by molar-refractivity contribution is 5.94. The Morgan fingerprint density at radius 1 is 1.30 bits per heavy atom. The zero-order chi connectivity index (χ0) is 14.7. The molecule has 1 aromatic rings. The molecule has 0 spiro atoms. The Morgan fingerprint density at radius 2 is 1.95 bits per heavy atom. The molecule has 1 atom stereocenters. The van der Waals surface area contributed by atoms with Crippen LogP contribution in [0, 0.1) is 0 Å². The number of hydrogen-bond donors (Lipinski definition) is 1. The highest BCUT2D eigenvalue weighted by atomic mass is 16.4. The number of carbonyl (C=O) groups excluding carboxylic acids is 1. The molecule has 1 amide bonds. The van der Waals surface area contributed by atoms with Gasteiger partial charge in [0.05, 0.1) is 0 Å². The molecular formula is C13H18N4O3. The first kappa shape index (κ1) is 14.2. The van der Waals surface area contributed by atoms with E-state index in [1.54, 1.807) is 12.1 Å². The first-order valence-corrected chi connectivity index (χ1v) is 6.59. The summed E-state index contributed by atoms with van der Waals surface area (Å²) in [7, 11) is 1.44. The van der Waals surface area contributed by atoms with E-state index >= 15 is 0 Å². The van der Waals surface area contributed by atoms with Crippen molar-refractivity contribution in [3.05, 3.63) is 17.8 Å². The third-order valence-corrected chi connectivity index (χ3v) is 3.56. The first-order chi connectivity index (χ1) is 9.50. The quantitative estimate of drug-likeness (QED) is 0.869. The number of likely N-dealkylation sites (N-methyl/N-ethyl adjacent to an activating group) is 1. The molecule has 2 heterocycles. The van der Waals surface area contributed by atoms with Gasteiger partial charge in [0, 0.05) is 20.1 Å². The van der Waals surface area contributed by atoms with Crippen LogP contribution in [0.1, 0.15) is 30.3 Å². The maximum absolute atomic E-state index is 12.1. The van der Waals surface area contributed by atoms with Crippen molar-refractivity contribution in [1.82, 2.24) is 15.1 Å². The fourth-order valence-electron chi connectivity index (χ4n) is 2.08. The summed E-state index contributed by atoms with van der Waals surface area (Å²) < 4.78 is 0. The molecule has 20 heavy (non-hydrogen) atoms. The SMILES string of the molecule is CC(C(=O)O)N(C)C(=O)c1ccc(N2CCCC2)nn1. The number of carbonyl (C=O) groups is 2. The minimum Gasteiger partial charge on any atom is -0.480 e. The van der Waals surface area contributed by atoms with Gasteiger partial charge in [-0.05, 0) is 31.9 Å². The molecule has 1 aliphatic rings. The van der Waals surface area contributed by atoms with E-state index in [2.05, 4.69) is 15.1 Å². The minimum absolute atomic E-state index is 0.156. The van der Waals surface area contributed by atoms with Crippen molar-refractivity contribution in [3.63, 3.8) is 0 Å². The van der Waals surface area contributed by atoms with E-state index in [0.29, 0.717) is 0 Å². The molecule has 0 saturated carbocycles. The Labute approximate surface area is 117 Å². The topological polar surface area (TPSA) is 86.6 Å². The molecule has 0 aliphatic carbocycles. The van der Waals surface area contributed by atoms with Crippen LogP contribution in [0.5, 0.6) is 0 Å². The number of amides is 1. The van der Waals surface area contributed by atoms with Crippen molar-refractivity contribution >= 4 is 17.7 Å². The maximum Gasteiger partial charge on any atom is 0.326 e. The van der Waals surface area contributed by atoms with Crippen LogP contribution in [-0.2, 0) is 4.79 Å². The van der Waals surface area contributed by atoms with Gasteiger partial charge in [0.25, 0.3) is 5.91 Å². The van der Waals surface area contributed by atoms with Crippen LogP contribution in [-0.4, -0.2) is 58.3 Å². The van der Waals surface area contributed by atoms with Crippen molar-refractivity contribution < 1.29 is 14.7 Å². The van der Waals surface area contributed by atoms with Gasteiger partial charge in [-0.2, -0.15) is 0 Å². The predicted octanol–water partition coefficient (Wildman–Crippen LogP) is 0.622. The Kier molecular flexibility index (Phi) is 4.16. The predicted molar refractivity (Wildman–Crippen MR) is 72.7 cm³/mol. The molecule has 1 fully saturated rings. The summed E-state index contributed by atoms with van der Waals surface area (Å²) in [6, 6.07) is 2.45. The molecule has 1 unspecified atom stereocenters. The molecule has 7 heteroatoms. The normalized spacial score (nSPS) is 16.0. The number of hydrogen-bond acceptors (Lipinski definition) is 5. The maximum atomic E-state index is 12.1. The first-order valence-electron chi connectivity index (χ1n) is 6.59. The second-order valence-electron chi connectivity index (χ2n) is 4.90. The van der Waals surface area contributed by atoms with Crippen LogP contribution < -0.4 is 4.90 Å². The highest BCUT2D eigenvalue weighted by Crippen LogP contribution is 2.17. The average Bonchev–Trinajstić information content (AvgIpc) is 2.99. The van der Waals surface area contributed by atoms with E-state index < -0.39 is 17.9 Å². The van der Waals surface area contributed by atoms with Gasteiger partial charge in [-0.15, -0.1) is 10.2 Å². The Balaban J connectivity index is 2.09. The largest absolute Gasteiger partial charge is 0.480 e. The van der Waals surface area contributed by atoms with Crippen molar-refractivity contribution in [2.24, 2.45) is 0 Å². The van der Waals surface area contributed by atoms with Crippen LogP contribution in [0.4, 0.5) is 5.82 Å².